The molecule has 1 aliphatic rings. The summed E-state index contributed by atoms with van der Waals surface area (Å²) >= 11 is 0. The van der Waals surface area contributed by atoms with Gasteiger partial charge in [0.2, 0.25) is 0 Å². The van der Waals surface area contributed by atoms with Crippen LogP contribution >= 0.6 is 0 Å². The Balaban J connectivity index is 2.23. The van der Waals surface area contributed by atoms with Crippen LogP contribution in [-0.4, -0.2) is 37.9 Å². The lowest BCUT2D eigenvalue weighted by molar-refractivity contribution is -0.143. The molecule has 1 fully saturated rings. The number of rotatable bonds is 8. The average Bonchev–Trinajstić information content (AvgIpc) is 3.10. The van der Waals surface area contributed by atoms with E-state index in [9.17, 15) is 4.79 Å². The lowest BCUT2D eigenvalue weighted by Gasteiger charge is -2.17. The molecule has 0 aromatic heterocycles. The highest BCUT2D eigenvalue weighted by Crippen LogP contribution is 2.20. The van der Waals surface area contributed by atoms with Crippen molar-refractivity contribution in [2.75, 3.05) is 13.7 Å². The summed E-state index contributed by atoms with van der Waals surface area (Å²) in [6.45, 7) is 4.74. The van der Waals surface area contributed by atoms with Gasteiger partial charge in [0.15, 0.2) is 0 Å². The first-order chi connectivity index (χ1) is 7.67. The van der Waals surface area contributed by atoms with Crippen LogP contribution in [0.3, 0.4) is 0 Å². The highest BCUT2D eigenvalue weighted by atomic mass is 16.5. The van der Waals surface area contributed by atoms with E-state index < -0.39 is 0 Å². The number of nitrogens with one attached hydrogen (secondary N) is 1. The van der Waals surface area contributed by atoms with E-state index in [1.165, 1.54) is 20.0 Å². The Morgan fingerprint density at radius 2 is 2.19 bits per heavy atom. The lowest BCUT2D eigenvalue weighted by atomic mass is 10.2. The second-order valence-electron chi connectivity index (χ2n) is 4.40. The topological polar surface area (TPSA) is 47.6 Å². The van der Waals surface area contributed by atoms with Gasteiger partial charge in [-0.25, -0.2) is 0 Å². The molecule has 1 saturated carbocycles. The van der Waals surface area contributed by atoms with Gasteiger partial charge in [-0.05, 0) is 32.6 Å². The SMILES string of the molecule is CCC(C)OCCC(NC1CC1)C(=O)OC. The molecule has 0 aromatic rings. The molecule has 94 valence electrons. The summed E-state index contributed by atoms with van der Waals surface area (Å²) < 4.78 is 10.3. The van der Waals surface area contributed by atoms with Crippen LogP contribution in [0.4, 0.5) is 0 Å². The molecule has 4 nitrogen and oxygen atoms in total. The van der Waals surface area contributed by atoms with Crippen molar-refractivity contribution in [3.05, 3.63) is 0 Å². The van der Waals surface area contributed by atoms with Crippen molar-refractivity contribution in [1.29, 1.82) is 0 Å². The Labute approximate surface area is 97.7 Å². The van der Waals surface area contributed by atoms with Crippen LogP contribution in [0.5, 0.6) is 0 Å². The van der Waals surface area contributed by atoms with E-state index in [1.54, 1.807) is 0 Å². The standard InChI is InChI=1S/C12H23NO3/c1-4-9(2)16-8-7-11(12(14)15-3)13-10-5-6-10/h9-11,13H,4-8H2,1-3H3. The largest absolute Gasteiger partial charge is 0.468 e. The van der Waals surface area contributed by atoms with Crippen molar-refractivity contribution >= 4 is 5.97 Å². The third-order valence-electron chi connectivity index (χ3n) is 2.88. The molecule has 16 heavy (non-hydrogen) atoms. The fourth-order valence-corrected chi connectivity index (χ4v) is 1.45. The summed E-state index contributed by atoms with van der Waals surface area (Å²) in [6.07, 6.45) is 4.28. The summed E-state index contributed by atoms with van der Waals surface area (Å²) in [5.74, 6) is -0.181. The Kier molecular flexibility index (Phi) is 5.77. The number of carbonyl (C=O) groups excluding carboxylic acids is 1. The summed E-state index contributed by atoms with van der Waals surface area (Å²) in [5.41, 5.74) is 0. The van der Waals surface area contributed by atoms with Crippen molar-refractivity contribution in [2.45, 2.75) is 57.7 Å². The molecule has 1 N–H and O–H groups in total. The fraction of sp³-hybridized carbons (Fsp3) is 0.917. The molecule has 2 atom stereocenters. The maximum atomic E-state index is 11.5. The molecule has 0 aliphatic heterocycles. The Morgan fingerprint density at radius 3 is 2.69 bits per heavy atom. The molecular formula is C12H23NO3. The summed E-state index contributed by atoms with van der Waals surface area (Å²) in [6, 6.07) is 0.300. The van der Waals surface area contributed by atoms with Crippen LogP contribution in [0.1, 0.15) is 39.5 Å². The lowest BCUT2D eigenvalue weighted by Crippen LogP contribution is -2.40. The summed E-state index contributed by atoms with van der Waals surface area (Å²) in [7, 11) is 1.43. The summed E-state index contributed by atoms with van der Waals surface area (Å²) in [5, 5.41) is 3.28. The third kappa shape index (κ3) is 4.94. The molecule has 2 unspecified atom stereocenters. The third-order valence-corrected chi connectivity index (χ3v) is 2.88. The molecule has 0 amide bonds. The smallest absolute Gasteiger partial charge is 0.322 e. The summed E-state index contributed by atoms with van der Waals surface area (Å²) in [4.78, 5) is 11.5. The normalized spacial score (nSPS) is 19.2. The number of ether oxygens (including phenoxy) is 2. The number of hydrogen-bond acceptors (Lipinski definition) is 4. The number of hydrogen-bond donors (Lipinski definition) is 1. The van der Waals surface area contributed by atoms with Crippen LogP contribution in [-0.2, 0) is 14.3 Å². The Morgan fingerprint density at radius 1 is 1.50 bits per heavy atom. The van der Waals surface area contributed by atoms with Crippen molar-refractivity contribution < 1.29 is 14.3 Å². The predicted molar refractivity (Wildman–Crippen MR) is 62.3 cm³/mol. The van der Waals surface area contributed by atoms with E-state index in [0.29, 0.717) is 19.1 Å². The molecule has 1 aliphatic carbocycles. The first kappa shape index (κ1) is 13.5. The van der Waals surface area contributed by atoms with E-state index in [1.807, 2.05) is 6.92 Å². The molecule has 0 aromatic carbocycles. The van der Waals surface area contributed by atoms with Crippen LogP contribution in [0.15, 0.2) is 0 Å². The maximum absolute atomic E-state index is 11.5. The minimum absolute atomic E-state index is 0.181. The van der Waals surface area contributed by atoms with E-state index in [2.05, 4.69) is 12.2 Å². The number of methoxy groups -OCH3 is 1. The minimum atomic E-state index is -0.207. The highest BCUT2D eigenvalue weighted by molar-refractivity contribution is 5.75. The van der Waals surface area contributed by atoms with E-state index in [-0.39, 0.29) is 18.1 Å². The fourth-order valence-electron chi connectivity index (χ4n) is 1.45. The van der Waals surface area contributed by atoms with Gasteiger partial charge in [0, 0.05) is 12.6 Å². The van der Waals surface area contributed by atoms with Gasteiger partial charge in [0.05, 0.1) is 13.2 Å². The van der Waals surface area contributed by atoms with E-state index >= 15 is 0 Å². The number of carbonyl (C=O) groups is 1. The van der Waals surface area contributed by atoms with Gasteiger partial charge in [-0.15, -0.1) is 0 Å². The minimum Gasteiger partial charge on any atom is -0.468 e. The zero-order valence-corrected chi connectivity index (χ0v) is 10.5. The van der Waals surface area contributed by atoms with Gasteiger partial charge in [0.25, 0.3) is 0 Å². The van der Waals surface area contributed by atoms with Crippen molar-refractivity contribution in [3.63, 3.8) is 0 Å². The van der Waals surface area contributed by atoms with E-state index in [4.69, 9.17) is 9.47 Å². The second-order valence-corrected chi connectivity index (χ2v) is 4.40. The Bertz CT molecular complexity index is 216. The van der Waals surface area contributed by atoms with Crippen LogP contribution in [0.25, 0.3) is 0 Å². The molecule has 1 rings (SSSR count). The average molecular weight is 229 g/mol. The van der Waals surface area contributed by atoms with Crippen molar-refractivity contribution in [2.24, 2.45) is 0 Å². The highest BCUT2D eigenvalue weighted by Gasteiger charge is 2.28. The zero-order valence-electron chi connectivity index (χ0n) is 10.5. The van der Waals surface area contributed by atoms with Crippen molar-refractivity contribution in [1.82, 2.24) is 5.32 Å². The molecule has 0 radical (unpaired) electrons. The van der Waals surface area contributed by atoms with Gasteiger partial charge in [0.1, 0.15) is 6.04 Å². The van der Waals surface area contributed by atoms with Crippen LogP contribution in [0.2, 0.25) is 0 Å². The number of esters is 1. The Hall–Kier alpha value is -0.610. The van der Waals surface area contributed by atoms with Crippen molar-refractivity contribution in [3.8, 4) is 0 Å². The molecular weight excluding hydrogens is 206 g/mol. The molecule has 0 saturated heterocycles. The van der Waals surface area contributed by atoms with Gasteiger partial charge >= 0.3 is 5.97 Å². The monoisotopic (exact) mass is 229 g/mol. The van der Waals surface area contributed by atoms with Gasteiger partial charge in [-0.3, -0.25) is 4.79 Å². The maximum Gasteiger partial charge on any atom is 0.322 e. The molecule has 4 heteroatoms. The van der Waals surface area contributed by atoms with Crippen LogP contribution in [0, 0.1) is 0 Å². The first-order valence-corrected chi connectivity index (χ1v) is 6.12. The first-order valence-electron chi connectivity index (χ1n) is 6.12. The second kappa shape index (κ2) is 6.86. The van der Waals surface area contributed by atoms with Gasteiger partial charge in [-0.2, -0.15) is 0 Å². The quantitative estimate of drug-likeness (QED) is 0.641. The zero-order chi connectivity index (χ0) is 12.0. The van der Waals surface area contributed by atoms with E-state index in [0.717, 1.165) is 6.42 Å². The van der Waals surface area contributed by atoms with Gasteiger partial charge < -0.3 is 14.8 Å². The van der Waals surface area contributed by atoms with Gasteiger partial charge in [-0.1, -0.05) is 6.92 Å². The molecule has 0 spiro atoms. The molecule has 0 bridgehead atoms. The van der Waals surface area contributed by atoms with Crippen LogP contribution < -0.4 is 5.32 Å². The predicted octanol–water partition coefficient (Wildman–Crippen LogP) is 1.49. The molecule has 0 heterocycles.